The number of benzene rings is 1. The van der Waals surface area contributed by atoms with Crippen LogP contribution in [0.5, 0.6) is 0 Å². The lowest BCUT2D eigenvalue weighted by Gasteiger charge is -2.11. The number of anilines is 1. The Morgan fingerprint density at radius 3 is 2.59 bits per heavy atom. The largest absolute Gasteiger partial charge is 0.388 e. The van der Waals surface area contributed by atoms with Crippen molar-refractivity contribution in [1.82, 2.24) is 4.98 Å². The summed E-state index contributed by atoms with van der Waals surface area (Å²) in [4.78, 5) is 3.88. The van der Waals surface area contributed by atoms with Crippen molar-refractivity contribution in [2.24, 2.45) is 0 Å². The van der Waals surface area contributed by atoms with Crippen molar-refractivity contribution in [2.45, 2.75) is 12.5 Å². The van der Waals surface area contributed by atoms with Crippen LogP contribution < -0.4 is 5.73 Å². The van der Waals surface area contributed by atoms with Crippen molar-refractivity contribution in [1.29, 1.82) is 0 Å². The Bertz CT molecular complexity index is 499. The van der Waals surface area contributed by atoms with Crippen molar-refractivity contribution in [3.05, 3.63) is 59.5 Å². The van der Waals surface area contributed by atoms with Gasteiger partial charge in [-0.25, -0.2) is 9.37 Å². The Kier molecular flexibility index (Phi) is 3.35. The summed E-state index contributed by atoms with van der Waals surface area (Å²) < 4.78 is 12.7. The molecular weight excluding hydrogens is 219 g/mol. The van der Waals surface area contributed by atoms with Gasteiger partial charge in [-0.2, -0.15) is 0 Å². The van der Waals surface area contributed by atoms with Crippen LogP contribution in [0.2, 0.25) is 0 Å². The van der Waals surface area contributed by atoms with Crippen LogP contribution in [0.1, 0.15) is 17.2 Å². The molecule has 0 fully saturated rings. The van der Waals surface area contributed by atoms with Gasteiger partial charge >= 0.3 is 0 Å². The van der Waals surface area contributed by atoms with Gasteiger partial charge in [0.2, 0.25) is 0 Å². The number of nitrogens with two attached hydrogens (primary N) is 1. The highest BCUT2D eigenvalue weighted by molar-refractivity contribution is 5.33. The second-order valence-corrected chi connectivity index (χ2v) is 3.86. The van der Waals surface area contributed by atoms with Crippen molar-refractivity contribution >= 4 is 5.82 Å². The van der Waals surface area contributed by atoms with E-state index in [1.54, 1.807) is 30.5 Å². The molecule has 17 heavy (non-hydrogen) atoms. The molecule has 1 atom stereocenters. The van der Waals surface area contributed by atoms with Crippen LogP contribution in [-0.2, 0) is 6.42 Å². The minimum absolute atomic E-state index is 0.311. The third-order valence-electron chi connectivity index (χ3n) is 2.53. The Hall–Kier alpha value is -1.94. The van der Waals surface area contributed by atoms with E-state index in [4.69, 9.17) is 5.73 Å². The van der Waals surface area contributed by atoms with Gasteiger partial charge in [-0.3, -0.25) is 0 Å². The summed E-state index contributed by atoms with van der Waals surface area (Å²) in [5, 5.41) is 9.97. The van der Waals surface area contributed by atoms with E-state index in [2.05, 4.69) is 4.98 Å². The summed E-state index contributed by atoms with van der Waals surface area (Å²) in [7, 11) is 0. The predicted octanol–water partition coefficient (Wildman–Crippen LogP) is 2.08. The second kappa shape index (κ2) is 4.93. The molecule has 0 amide bonds. The molecule has 2 aromatic rings. The monoisotopic (exact) mass is 232 g/mol. The SMILES string of the molecule is Nc1cc(CC(O)c2ccc(F)cc2)ccn1. The van der Waals surface area contributed by atoms with Gasteiger partial charge in [0.1, 0.15) is 11.6 Å². The van der Waals surface area contributed by atoms with E-state index < -0.39 is 6.10 Å². The van der Waals surface area contributed by atoms with E-state index in [-0.39, 0.29) is 5.82 Å². The Morgan fingerprint density at radius 1 is 1.24 bits per heavy atom. The third kappa shape index (κ3) is 3.01. The summed E-state index contributed by atoms with van der Waals surface area (Å²) in [5.74, 6) is 0.114. The molecule has 1 unspecified atom stereocenters. The molecule has 0 saturated heterocycles. The van der Waals surface area contributed by atoms with E-state index in [1.165, 1.54) is 12.1 Å². The molecule has 0 spiro atoms. The molecule has 88 valence electrons. The van der Waals surface area contributed by atoms with Crippen LogP contribution in [0, 0.1) is 5.82 Å². The average molecular weight is 232 g/mol. The van der Waals surface area contributed by atoms with Gasteiger partial charge < -0.3 is 10.8 Å². The van der Waals surface area contributed by atoms with Gasteiger partial charge in [0.05, 0.1) is 6.10 Å². The van der Waals surface area contributed by atoms with Crippen LogP contribution in [-0.4, -0.2) is 10.1 Å². The lowest BCUT2D eigenvalue weighted by molar-refractivity contribution is 0.178. The minimum atomic E-state index is -0.669. The lowest BCUT2D eigenvalue weighted by Crippen LogP contribution is -2.02. The van der Waals surface area contributed by atoms with Crippen LogP contribution in [0.4, 0.5) is 10.2 Å². The van der Waals surface area contributed by atoms with Gasteiger partial charge in [0.25, 0.3) is 0 Å². The number of aliphatic hydroxyl groups excluding tert-OH is 1. The molecule has 0 radical (unpaired) electrons. The fourth-order valence-corrected chi connectivity index (χ4v) is 1.65. The molecule has 4 heteroatoms. The first kappa shape index (κ1) is 11.5. The molecule has 0 bridgehead atoms. The number of rotatable bonds is 3. The molecule has 1 aromatic carbocycles. The molecular formula is C13H13FN2O. The third-order valence-corrected chi connectivity index (χ3v) is 2.53. The van der Waals surface area contributed by atoms with Gasteiger partial charge in [-0.05, 0) is 35.4 Å². The number of nitrogens with zero attached hydrogens (tertiary/aromatic N) is 1. The minimum Gasteiger partial charge on any atom is -0.388 e. The maximum atomic E-state index is 12.7. The van der Waals surface area contributed by atoms with E-state index in [0.29, 0.717) is 17.8 Å². The summed E-state index contributed by atoms with van der Waals surface area (Å²) in [6.45, 7) is 0. The summed E-state index contributed by atoms with van der Waals surface area (Å²) >= 11 is 0. The lowest BCUT2D eigenvalue weighted by atomic mass is 10.0. The fraction of sp³-hybridized carbons (Fsp3) is 0.154. The normalized spacial score (nSPS) is 12.4. The summed E-state index contributed by atoms with van der Waals surface area (Å²) in [6, 6.07) is 9.32. The number of nitrogen functional groups attached to an aromatic ring is 1. The predicted molar refractivity (Wildman–Crippen MR) is 63.7 cm³/mol. The van der Waals surface area contributed by atoms with Crippen molar-refractivity contribution in [2.75, 3.05) is 5.73 Å². The molecule has 2 rings (SSSR count). The van der Waals surface area contributed by atoms with E-state index in [0.717, 1.165) is 5.56 Å². The Morgan fingerprint density at radius 2 is 1.94 bits per heavy atom. The molecule has 3 nitrogen and oxygen atoms in total. The topological polar surface area (TPSA) is 59.1 Å². The zero-order valence-corrected chi connectivity index (χ0v) is 9.18. The number of aromatic nitrogens is 1. The highest BCUT2D eigenvalue weighted by Gasteiger charge is 2.08. The number of halogens is 1. The molecule has 0 aliphatic rings. The fourth-order valence-electron chi connectivity index (χ4n) is 1.65. The number of pyridine rings is 1. The van der Waals surface area contributed by atoms with Crippen LogP contribution >= 0.6 is 0 Å². The molecule has 1 aromatic heterocycles. The van der Waals surface area contributed by atoms with E-state index in [1.807, 2.05) is 0 Å². The molecule has 0 saturated carbocycles. The molecule has 1 heterocycles. The van der Waals surface area contributed by atoms with Gasteiger partial charge in [0, 0.05) is 12.6 Å². The zero-order chi connectivity index (χ0) is 12.3. The first-order valence-electron chi connectivity index (χ1n) is 5.29. The van der Waals surface area contributed by atoms with Crippen LogP contribution in [0.3, 0.4) is 0 Å². The molecule has 0 aliphatic heterocycles. The number of aliphatic hydroxyl groups is 1. The smallest absolute Gasteiger partial charge is 0.123 e. The van der Waals surface area contributed by atoms with E-state index in [9.17, 15) is 9.50 Å². The molecule has 3 N–H and O–H groups in total. The number of hydrogen-bond donors (Lipinski definition) is 2. The number of hydrogen-bond acceptors (Lipinski definition) is 3. The van der Waals surface area contributed by atoms with Gasteiger partial charge in [0.15, 0.2) is 0 Å². The first-order valence-corrected chi connectivity index (χ1v) is 5.29. The first-order chi connectivity index (χ1) is 8.15. The standard InChI is InChI=1S/C13H13FN2O/c14-11-3-1-10(2-4-11)12(17)7-9-5-6-16-13(15)8-9/h1-6,8,12,17H,7H2,(H2,15,16). The Labute approximate surface area is 98.7 Å². The van der Waals surface area contributed by atoms with Crippen LogP contribution in [0.15, 0.2) is 42.6 Å². The summed E-state index contributed by atoms with van der Waals surface area (Å²) in [5.41, 5.74) is 7.13. The van der Waals surface area contributed by atoms with Crippen molar-refractivity contribution in [3.63, 3.8) is 0 Å². The van der Waals surface area contributed by atoms with Crippen molar-refractivity contribution in [3.8, 4) is 0 Å². The quantitative estimate of drug-likeness (QED) is 0.851. The highest BCUT2D eigenvalue weighted by atomic mass is 19.1. The highest BCUT2D eigenvalue weighted by Crippen LogP contribution is 2.19. The van der Waals surface area contributed by atoms with Crippen molar-refractivity contribution < 1.29 is 9.50 Å². The van der Waals surface area contributed by atoms with Gasteiger partial charge in [-0.15, -0.1) is 0 Å². The van der Waals surface area contributed by atoms with Gasteiger partial charge in [-0.1, -0.05) is 12.1 Å². The summed E-state index contributed by atoms with van der Waals surface area (Å²) in [6.07, 6.45) is 1.36. The zero-order valence-electron chi connectivity index (χ0n) is 9.18. The maximum absolute atomic E-state index is 12.7. The van der Waals surface area contributed by atoms with Crippen LogP contribution in [0.25, 0.3) is 0 Å². The Balaban J connectivity index is 2.11. The average Bonchev–Trinajstić information content (AvgIpc) is 2.29. The molecule has 0 aliphatic carbocycles. The second-order valence-electron chi connectivity index (χ2n) is 3.86. The van der Waals surface area contributed by atoms with E-state index >= 15 is 0 Å². The maximum Gasteiger partial charge on any atom is 0.123 e.